The lowest BCUT2D eigenvalue weighted by atomic mass is 10.00. The lowest BCUT2D eigenvalue weighted by molar-refractivity contribution is -0.149. The van der Waals surface area contributed by atoms with Gasteiger partial charge in [-0.15, -0.1) is 11.8 Å². The highest BCUT2D eigenvalue weighted by molar-refractivity contribution is 8.00. The summed E-state index contributed by atoms with van der Waals surface area (Å²) in [5.41, 5.74) is 25.5. The van der Waals surface area contributed by atoms with Crippen LogP contribution in [-0.4, -0.2) is 314 Å². The Morgan fingerprint density at radius 3 is 1.69 bits per heavy atom. The molecule has 8 rings (SSSR count). The van der Waals surface area contributed by atoms with Crippen LogP contribution in [0.3, 0.4) is 0 Å². The maximum absolute atomic E-state index is 15.7. The third-order valence-corrected chi connectivity index (χ3v) is 25.4. The highest BCUT2D eigenvalue weighted by Crippen LogP contribution is 2.29. The largest absolute Gasteiger partial charge is 0.394 e. The molecule has 45 heteroatoms. The second-order valence-corrected chi connectivity index (χ2v) is 35.9. The van der Waals surface area contributed by atoms with Crippen molar-refractivity contribution >= 4 is 163 Å². The van der Waals surface area contributed by atoms with Gasteiger partial charge < -0.3 is 126 Å². The van der Waals surface area contributed by atoms with E-state index in [1.54, 1.807) is 74.8 Å². The van der Waals surface area contributed by atoms with E-state index in [1.165, 1.54) is 46.3 Å². The number of unbranched alkanes of at least 4 members (excludes halogenated alkanes) is 2. The van der Waals surface area contributed by atoms with E-state index in [2.05, 4.69) is 68.5 Å². The van der Waals surface area contributed by atoms with Crippen LogP contribution in [0, 0.1) is 11.3 Å². The van der Waals surface area contributed by atoms with E-state index in [1.807, 2.05) is 13.8 Å². The number of benzene rings is 3. The Morgan fingerprint density at radius 1 is 0.556 bits per heavy atom. The Balaban J connectivity index is 1.19. The lowest BCUT2D eigenvalue weighted by Gasteiger charge is -2.36. The summed E-state index contributed by atoms with van der Waals surface area (Å²) >= 11 is 13.5. The summed E-state index contributed by atoms with van der Waals surface area (Å²) in [4.78, 5) is 260. The number of carbonyl (C=O) groups is 17. The van der Waals surface area contributed by atoms with Crippen LogP contribution in [0.25, 0.3) is 21.8 Å². The molecule has 17 amide bonds. The number of guanidine groups is 1. The Hall–Kier alpha value is -12.2. The van der Waals surface area contributed by atoms with E-state index < -0.39 is 248 Å². The fourth-order valence-corrected chi connectivity index (χ4v) is 17.4. The maximum Gasteiger partial charge on any atom is 0.246 e. The molecule has 3 aliphatic heterocycles. The molecular weight excluding hydrogens is 1790 g/mol. The number of nitrogens with two attached hydrogens (primary N) is 4. The Kier molecular flexibility index (Phi) is 40.4. The zero-order valence-electron chi connectivity index (χ0n) is 75.8. The molecule has 24 N–H and O–H groups in total. The van der Waals surface area contributed by atoms with Crippen LogP contribution in [0.2, 0.25) is 10.0 Å². The van der Waals surface area contributed by atoms with Gasteiger partial charge in [0, 0.05) is 113 Å². The van der Waals surface area contributed by atoms with Gasteiger partial charge in [-0.05, 0) is 98.7 Å². The molecule has 1 unspecified atom stereocenters. The number of halogens is 2. The third-order valence-electron chi connectivity index (χ3n) is 23.6. The van der Waals surface area contributed by atoms with E-state index in [4.69, 9.17) is 51.5 Å². The number of fused-ring (bicyclic) bond motifs is 4. The van der Waals surface area contributed by atoms with Gasteiger partial charge in [-0.3, -0.25) is 86.9 Å². The molecule has 0 radical (unpaired) electrons. The average Bonchev–Trinajstić information content (AvgIpc) is 1.70. The summed E-state index contributed by atoms with van der Waals surface area (Å²) in [6.45, 7) is 5.37. The van der Waals surface area contributed by atoms with Crippen molar-refractivity contribution in [2.75, 3.05) is 72.0 Å². The molecule has 0 bridgehead atoms. The summed E-state index contributed by atoms with van der Waals surface area (Å²) in [6.07, 6.45) is 1.21. The number of aromatic nitrogens is 2. The van der Waals surface area contributed by atoms with Crippen LogP contribution in [0.15, 0.2) is 79.1 Å². The molecule has 5 heterocycles. The zero-order chi connectivity index (χ0) is 97.8. The van der Waals surface area contributed by atoms with Crippen molar-refractivity contribution in [3.63, 3.8) is 0 Å². The highest BCUT2D eigenvalue weighted by Gasteiger charge is 2.47. The number of H-pyrrole nitrogens is 2. The van der Waals surface area contributed by atoms with Crippen molar-refractivity contribution in [2.24, 2.45) is 28.9 Å². The number of hydrogen-bond acceptors (Lipinski definition) is 22. The van der Waals surface area contributed by atoms with Crippen molar-refractivity contribution in [2.45, 2.75) is 228 Å². The maximum atomic E-state index is 15.7. The Morgan fingerprint density at radius 2 is 1.09 bits per heavy atom. The molecule has 3 aliphatic rings. The van der Waals surface area contributed by atoms with Gasteiger partial charge in [0.15, 0.2) is 5.96 Å². The SMILES string of the molecule is CCCC[C@H]1C(=O)N(C)[C@@H](CCCC)C(=O)N[C@@H](CCCNC(=N)N)C(=O)N[C@H](C(=O)NCC(N)=O)CSCC(=O)N[C@@H](Cc2ccc(Cl)c(Cl)c2)C(=O)N(C)[C@@H](C)C(=O)N[C@@H](CC(N)=O)C(=O)N2CCCC2C(=O)N[C@@H](CN)C(=O)N[C@@H](CC(C)C)C(=O)N2C[C@H](O)C[C@H]2C(=O)N[C@@H](Cc2c[nH]c3ccccc23)C(=O)N[C@@H](CO)C(=O)N[C@@H](Cc2c[nH]c3ccccc23)C(=O)N1C. The number of rotatable bonds is 25. The monoisotopic (exact) mass is 1910 g/mol. The molecule has 133 heavy (non-hydrogen) atoms. The fraction of sp³-hybridized carbons (Fsp3) is 0.545. The number of hydrogen-bond donors (Lipinski definition) is 20. The predicted octanol–water partition coefficient (Wildman–Crippen LogP) is -2.33. The first kappa shape index (κ1) is 106. The fourth-order valence-electron chi connectivity index (χ4n) is 16.2. The molecule has 15 atom stereocenters. The molecule has 0 aliphatic carbocycles. The van der Waals surface area contributed by atoms with Gasteiger partial charge in [-0.2, -0.15) is 0 Å². The van der Waals surface area contributed by atoms with E-state index in [9.17, 15) is 58.2 Å². The minimum atomic E-state index is -1.89. The van der Waals surface area contributed by atoms with Crippen LogP contribution >= 0.6 is 35.0 Å². The minimum Gasteiger partial charge on any atom is -0.394 e. The number of nitrogens with one attached hydrogen (secondary N) is 14. The first-order chi connectivity index (χ1) is 63.2. The number of carbonyl (C=O) groups excluding carboxylic acids is 17. The standard InChI is InChI=1S/C88H125Cl2N23O19S/c1-9-11-24-67-80(125)101-58(23-17-29-96-88(94)95)76(121)108-66(75(120)99-41-72(93)117)44-133-45-73(118)100-61(33-48-27-28-54(89)55(90)32-48)83(128)109(6)47(5)74(119)103-63(37-71(92)116)85(130)112-30-18-26-68(112)81(126)106-64(38-91)78(123)104-60(31-46(3)4)86(131)113-42-51(115)36-70(113)82(127)102-59(34-49-39-97-56-21-15-13-19-52(49)56)77(122)107-65(43-114)79(124)105-62(35-50-40-98-57-22-16-14-20-53(50)57)84(129)111(8)69(25-12-10-2)87(132)110(67)7/h13-16,19-22,27-28,32,39-40,46-47,51,58-70,97-98,114-115H,9-12,17-18,23-26,29-31,33-38,41-45,91H2,1-8H3,(H2,92,116)(H2,93,117)(H,99,120)(H,100,118)(H,101,125)(H,102,127)(H,103,119)(H,104,123)(H,105,124)(H,106,126)(H,107,122)(H,108,121)(H4,94,95,96)/t47-,51+,58-,59-,60-,61-,62-,63-,64-,65-,66-,67-,68?,69-,70-/m0/s1. The third kappa shape index (κ3) is 29.7. The molecule has 2 aromatic heterocycles. The second-order valence-electron chi connectivity index (χ2n) is 34.0. The number of aromatic amines is 2. The Labute approximate surface area is 783 Å². The summed E-state index contributed by atoms with van der Waals surface area (Å²) in [5.74, 6) is -18.1. The van der Waals surface area contributed by atoms with Crippen molar-refractivity contribution in [3.8, 4) is 0 Å². The number of nitrogens with zero attached hydrogens (tertiary/aromatic N) is 5. The average molecular weight is 1910 g/mol. The topological polar surface area (TPSA) is 639 Å². The summed E-state index contributed by atoms with van der Waals surface area (Å²) in [7, 11) is 3.89. The van der Waals surface area contributed by atoms with E-state index in [0.29, 0.717) is 64.2 Å². The number of para-hydroxylation sites is 2. The van der Waals surface area contributed by atoms with Gasteiger partial charge in [0.2, 0.25) is 100 Å². The molecule has 42 nitrogen and oxygen atoms in total. The highest BCUT2D eigenvalue weighted by atomic mass is 35.5. The number of aliphatic hydroxyl groups is 2. The predicted molar refractivity (Wildman–Crippen MR) is 495 cm³/mol. The van der Waals surface area contributed by atoms with Crippen molar-refractivity contribution in [1.82, 2.24) is 93.0 Å². The van der Waals surface area contributed by atoms with Crippen LogP contribution in [0.5, 0.6) is 0 Å². The van der Waals surface area contributed by atoms with Gasteiger partial charge >= 0.3 is 0 Å². The molecule has 0 saturated carbocycles. The van der Waals surface area contributed by atoms with Crippen LogP contribution in [0.1, 0.15) is 135 Å². The molecule has 726 valence electrons. The zero-order valence-corrected chi connectivity index (χ0v) is 78.1. The number of aliphatic hydroxyl groups excluding tert-OH is 2. The van der Waals surface area contributed by atoms with Gasteiger partial charge in [0.25, 0.3) is 0 Å². The normalized spacial score (nSPS) is 25.0. The van der Waals surface area contributed by atoms with E-state index >= 15 is 33.6 Å². The minimum absolute atomic E-state index is 0.0127. The van der Waals surface area contributed by atoms with E-state index in [0.717, 1.165) is 36.3 Å². The van der Waals surface area contributed by atoms with Gasteiger partial charge in [0.1, 0.15) is 84.6 Å². The van der Waals surface area contributed by atoms with Gasteiger partial charge in [-0.25, -0.2) is 0 Å². The summed E-state index contributed by atoms with van der Waals surface area (Å²) in [6, 6.07) is -3.55. The Bertz CT molecular complexity index is 5040. The van der Waals surface area contributed by atoms with Gasteiger partial charge in [0.05, 0.1) is 41.5 Å². The van der Waals surface area contributed by atoms with Crippen LogP contribution in [0.4, 0.5) is 0 Å². The molecule has 3 saturated heterocycles. The van der Waals surface area contributed by atoms with Crippen LogP contribution in [-0.2, 0) is 101 Å². The van der Waals surface area contributed by atoms with Gasteiger partial charge in [-0.1, -0.05) is 119 Å². The molecule has 3 fully saturated rings. The van der Waals surface area contributed by atoms with E-state index in [-0.39, 0.29) is 93.3 Å². The number of likely N-dealkylation sites (N-methyl/N-ethyl adjacent to an activating group) is 3. The lowest BCUT2D eigenvalue weighted by Crippen LogP contribution is -2.62. The molecule has 5 aromatic rings. The number of primary amides is 2. The smallest absolute Gasteiger partial charge is 0.246 e. The summed E-state index contributed by atoms with van der Waals surface area (Å²) in [5, 5.41) is 60.6. The molecule has 0 spiro atoms. The van der Waals surface area contributed by atoms with Crippen molar-refractivity contribution in [3.05, 3.63) is 106 Å². The first-order valence-corrected chi connectivity index (χ1v) is 46.3. The second kappa shape index (κ2) is 50.6. The van der Waals surface area contributed by atoms with Crippen molar-refractivity contribution < 1.29 is 91.7 Å². The molecule has 3 aromatic carbocycles. The van der Waals surface area contributed by atoms with Crippen molar-refractivity contribution in [1.29, 1.82) is 5.41 Å². The summed E-state index contributed by atoms with van der Waals surface area (Å²) < 4.78 is 0. The quantitative estimate of drug-likeness (QED) is 0.0165. The molecular formula is C88H125Cl2N23O19S. The number of amides is 17. The van der Waals surface area contributed by atoms with Crippen LogP contribution < -0.4 is 81.4 Å². The number of thioether (sulfide) groups is 1. The first-order valence-electron chi connectivity index (χ1n) is 44.4.